The third kappa shape index (κ3) is 4.11. The number of hydrogen-bond acceptors (Lipinski definition) is 4. The number of aromatic nitrogens is 1. The van der Waals surface area contributed by atoms with Crippen molar-refractivity contribution >= 4 is 11.7 Å². The van der Waals surface area contributed by atoms with Crippen LogP contribution in [0.4, 0.5) is 5.69 Å². The van der Waals surface area contributed by atoms with Gasteiger partial charge in [0.15, 0.2) is 5.69 Å². The van der Waals surface area contributed by atoms with E-state index in [1.165, 1.54) is 0 Å². The Morgan fingerprint density at radius 3 is 2.94 bits per heavy atom. The number of carbonyl (C=O) groups is 1. The van der Waals surface area contributed by atoms with Crippen molar-refractivity contribution in [3.63, 3.8) is 0 Å². The molecule has 17 heavy (non-hydrogen) atoms. The zero-order valence-corrected chi connectivity index (χ0v) is 9.90. The lowest BCUT2D eigenvalue weighted by atomic mass is 9.98. The lowest BCUT2D eigenvalue weighted by Crippen LogP contribution is -2.32. The van der Waals surface area contributed by atoms with Gasteiger partial charge in [0.25, 0.3) is 0 Å². The topological polar surface area (TPSA) is 86.0 Å². The quantitative estimate of drug-likeness (QED) is 0.812. The molecule has 0 saturated heterocycles. The molecule has 0 fully saturated rings. The number of rotatable bonds is 5. The molecule has 5 nitrogen and oxygen atoms in total. The van der Waals surface area contributed by atoms with Gasteiger partial charge in [-0.3, -0.25) is 4.79 Å². The molecule has 0 aliphatic rings. The maximum absolute atomic E-state index is 10.5. The summed E-state index contributed by atoms with van der Waals surface area (Å²) in [5.41, 5.74) is 0.550. The van der Waals surface area contributed by atoms with Crippen LogP contribution in [-0.2, 0) is 4.79 Å². The molecule has 0 bridgehead atoms. The van der Waals surface area contributed by atoms with Crippen molar-refractivity contribution in [1.82, 2.24) is 4.98 Å². The molecular weight excluding hydrogens is 218 g/mol. The van der Waals surface area contributed by atoms with Gasteiger partial charge in [0, 0.05) is 18.2 Å². The van der Waals surface area contributed by atoms with Gasteiger partial charge in [-0.25, -0.2) is 4.98 Å². The summed E-state index contributed by atoms with van der Waals surface area (Å²) in [5.74, 6) is -0.827. The second kappa shape index (κ2) is 5.30. The summed E-state index contributed by atoms with van der Waals surface area (Å²) in [6.45, 7) is 3.79. The minimum atomic E-state index is -0.827. The van der Waals surface area contributed by atoms with Crippen LogP contribution in [0.25, 0.3) is 0 Å². The monoisotopic (exact) mass is 233 g/mol. The van der Waals surface area contributed by atoms with Gasteiger partial charge in [0.1, 0.15) is 6.07 Å². The highest BCUT2D eigenvalue weighted by Crippen LogP contribution is 2.21. The normalized spacial score (nSPS) is 10.6. The summed E-state index contributed by atoms with van der Waals surface area (Å²) in [5, 5.41) is 20.7. The first-order valence-electron chi connectivity index (χ1n) is 5.30. The molecule has 0 saturated carbocycles. The third-order valence-electron chi connectivity index (χ3n) is 2.35. The predicted octanol–water partition coefficient (Wildman–Crippen LogP) is 2.01. The van der Waals surface area contributed by atoms with Crippen molar-refractivity contribution in [1.29, 1.82) is 5.26 Å². The van der Waals surface area contributed by atoms with Crippen LogP contribution in [0.1, 0.15) is 32.4 Å². The Hall–Kier alpha value is -2.09. The second-order valence-electron chi connectivity index (χ2n) is 4.41. The van der Waals surface area contributed by atoms with E-state index in [-0.39, 0.29) is 6.42 Å². The molecule has 0 atom stereocenters. The standard InChI is InChI=1S/C12H15N3O2/c1-12(2,6-5-11(16)17)15-9-4-3-7-14-10(9)8-13/h3-4,7,15H,5-6H2,1-2H3,(H,16,17). The van der Waals surface area contributed by atoms with Gasteiger partial charge in [0.2, 0.25) is 0 Å². The Kier molecular flexibility index (Phi) is 4.05. The Bertz CT molecular complexity index is 449. The third-order valence-corrected chi connectivity index (χ3v) is 2.35. The average molecular weight is 233 g/mol. The van der Waals surface area contributed by atoms with E-state index in [9.17, 15) is 4.79 Å². The Labute approximate surface area is 100 Å². The fourth-order valence-electron chi connectivity index (χ4n) is 1.44. The summed E-state index contributed by atoms with van der Waals surface area (Å²) < 4.78 is 0. The molecule has 1 aromatic heterocycles. The highest BCUT2D eigenvalue weighted by Gasteiger charge is 2.20. The van der Waals surface area contributed by atoms with Crippen LogP contribution in [-0.4, -0.2) is 21.6 Å². The highest BCUT2D eigenvalue weighted by atomic mass is 16.4. The molecule has 90 valence electrons. The van der Waals surface area contributed by atoms with Gasteiger partial charge in [0.05, 0.1) is 5.69 Å². The maximum Gasteiger partial charge on any atom is 0.303 e. The first-order valence-corrected chi connectivity index (χ1v) is 5.30. The van der Waals surface area contributed by atoms with E-state index < -0.39 is 11.5 Å². The molecule has 0 aliphatic heterocycles. The van der Waals surface area contributed by atoms with E-state index in [0.717, 1.165) is 0 Å². The lowest BCUT2D eigenvalue weighted by molar-refractivity contribution is -0.137. The number of pyridine rings is 1. The predicted molar refractivity (Wildman–Crippen MR) is 63.5 cm³/mol. The van der Waals surface area contributed by atoms with Crippen molar-refractivity contribution < 1.29 is 9.90 Å². The van der Waals surface area contributed by atoms with Crippen LogP contribution in [0, 0.1) is 11.3 Å². The molecule has 5 heteroatoms. The van der Waals surface area contributed by atoms with Gasteiger partial charge >= 0.3 is 5.97 Å². The Balaban J connectivity index is 2.76. The fraction of sp³-hybridized carbons (Fsp3) is 0.417. The van der Waals surface area contributed by atoms with Crippen molar-refractivity contribution in [3.05, 3.63) is 24.0 Å². The summed E-state index contributed by atoms with van der Waals surface area (Å²) in [7, 11) is 0. The molecule has 1 heterocycles. The van der Waals surface area contributed by atoms with Crippen LogP contribution in [0.5, 0.6) is 0 Å². The molecule has 1 rings (SSSR count). The largest absolute Gasteiger partial charge is 0.481 e. The lowest BCUT2D eigenvalue weighted by Gasteiger charge is -2.27. The van der Waals surface area contributed by atoms with Gasteiger partial charge in [-0.05, 0) is 32.4 Å². The van der Waals surface area contributed by atoms with Gasteiger partial charge < -0.3 is 10.4 Å². The summed E-state index contributed by atoms with van der Waals surface area (Å²) in [4.78, 5) is 14.5. The van der Waals surface area contributed by atoms with Crippen molar-refractivity contribution in [3.8, 4) is 6.07 Å². The summed E-state index contributed by atoms with van der Waals surface area (Å²) in [6, 6.07) is 5.48. The van der Waals surface area contributed by atoms with E-state index in [0.29, 0.717) is 17.8 Å². The molecule has 1 aromatic rings. The molecule has 0 radical (unpaired) electrons. The molecule has 0 amide bonds. The summed E-state index contributed by atoms with van der Waals surface area (Å²) >= 11 is 0. The number of aliphatic carboxylic acids is 1. The molecule has 2 N–H and O–H groups in total. The number of carboxylic acid groups (broad SMARTS) is 1. The first kappa shape index (κ1) is 13.0. The average Bonchev–Trinajstić information content (AvgIpc) is 2.27. The number of hydrogen-bond donors (Lipinski definition) is 2. The van der Waals surface area contributed by atoms with Gasteiger partial charge in [-0.1, -0.05) is 0 Å². The van der Waals surface area contributed by atoms with Crippen LogP contribution < -0.4 is 5.32 Å². The molecule has 0 aliphatic carbocycles. The maximum atomic E-state index is 10.5. The smallest absolute Gasteiger partial charge is 0.303 e. The molecule has 0 aromatic carbocycles. The second-order valence-corrected chi connectivity index (χ2v) is 4.41. The number of nitrogens with zero attached hydrogens (tertiary/aromatic N) is 2. The Morgan fingerprint density at radius 2 is 2.35 bits per heavy atom. The van der Waals surface area contributed by atoms with Gasteiger partial charge in [-0.15, -0.1) is 0 Å². The van der Waals surface area contributed by atoms with E-state index >= 15 is 0 Å². The Morgan fingerprint density at radius 1 is 1.65 bits per heavy atom. The van der Waals surface area contributed by atoms with E-state index in [4.69, 9.17) is 10.4 Å². The summed E-state index contributed by atoms with van der Waals surface area (Å²) in [6.07, 6.45) is 2.11. The SMILES string of the molecule is CC(C)(CCC(=O)O)Nc1cccnc1C#N. The van der Waals surface area contributed by atoms with E-state index in [1.54, 1.807) is 18.3 Å². The van der Waals surface area contributed by atoms with E-state index in [2.05, 4.69) is 10.3 Å². The van der Waals surface area contributed by atoms with Crippen LogP contribution >= 0.6 is 0 Å². The van der Waals surface area contributed by atoms with Crippen LogP contribution in [0.15, 0.2) is 18.3 Å². The van der Waals surface area contributed by atoms with Gasteiger partial charge in [-0.2, -0.15) is 5.26 Å². The van der Waals surface area contributed by atoms with Crippen molar-refractivity contribution in [2.45, 2.75) is 32.2 Å². The van der Waals surface area contributed by atoms with Crippen molar-refractivity contribution in [2.24, 2.45) is 0 Å². The number of anilines is 1. The van der Waals surface area contributed by atoms with Crippen LogP contribution in [0.3, 0.4) is 0 Å². The fourth-order valence-corrected chi connectivity index (χ4v) is 1.44. The number of carboxylic acids is 1. The minimum Gasteiger partial charge on any atom is -0.481 e. The minimum absolute atomic E-state index is 0.0855. The molecular formula is C12H15N3O2. The number of nitrogens with one attached hydrogen (secondary N) is 1. The number of nitriles is 1. The zero-order chi connectivity index (χ0) is 12.9. The zero-order valence-electron chi connectivity index (χ0n) is 9.90. The van der Waals surface area contributed by atoms with Crippen LogP contribution in [0.2, 0.25) is 0 Å². The highest BCUT2D eigenvalue weighted by molar-refractivity contribution is 5.67. The van der Waals surface area contributed by atoms with E-state index in [1.807, 2.05) is 19.9 Å². The molecule has 0 spiro atoms. The molecule has 0 unspecified atom stereocenters. The van der Waals surface area contributed by atoms with Crippen molar-refractivity contribution in [2.75, 3.05) is 5.32 Å². The first-order chi connectivity index (χ1) is 7.94.